The minimum atomic E-state index is -0.487. The summed E-state index contributed by atoms with van der Waals surface area (Å²) in [5.74, 6) is -1.14. The smallest absolute Gasteiger partial charge is 0.306 e. The molecule has 0 aliphatic rings. The Morgan fingerprint density at radius 1 is 1.11 bits per heavy atom. The van der Waals surface area contributed by atoms with Gasteiger partial charge in [0, 0.05) is 20.1 Å². The Bertz CT molecular complexity index is 666. The van der Waals surface area contributed by atoms with Crippen LogP contribution in [0.1, 0.15) is 36.5 Å². The molecule has 0 saturated heterocycles. The predicted molar refractivity (Wildman–Crippen MR) is 105 cm³/mol. The predicted octanol–water partition coefficient (Wildman–Crippen LogP) is 1.61. The van der Waals surface area contributed by atoms with Crippen LogP contribution in [0.15, 0.2) is 24.3 Å². The highest BCUT2D eigenvalue weighted by Gasteiger charge is 2.13. The van der Waals surface area contributed by atoms with Gasteiger partial charge in [0.2, 0.25) is 5.91 Å². The number of carbonyl (C=O) groups is 3. The summed E-state index contributed by atoms with van der Waals surface area (Å²) in [5, 5.41) is 8.14. The van der Waals surface area contributed by atoms with E-state index < -0.39 is 11.9 Å². The molecule has 27 heavy (non-hydrogen) atoms. The van der Waals surface area contributed by atoms with Crippen LogP contribution in [0.4, 0.5) is 5.69 Å². The van der Waals surface area contributed by atoms with Crippen LogP contribution in [-0.2, 0) is 19.1 Å². The molecule has 3 N–H and O–H groups in total. The number of amides is 2. The van der Waals surface area contributed by atoms with E-state index >= 15 is 0 Å². The van der Waals surface area contributed by atoms with Gasteiger partial charge in [0.15, 0.2) is 5.11 Å². The molecule has 0 aliphatic heterocycles. The molecule has 0 spiro atoms. The Hall–Kier alpha value is -2.52. The SMILES string of the molecule is CCCNC(=O)c1ccccc1NC(=S)NC(=O)CCC(=O)OCCOC. The number of ether oxygens (including phenoxy) is 2. The number of thiocarbonyl (C=S) groups is 1. The second-order valence-electron chi connectivity index (χ2n) is 5.52. The molecule has 8 nitrogen and oxygen atoms in total. The van der Waals surface area contributed by atoms with Crippen LogP contribution in [0.5, 0.6) is 0 Å². The van der Waals surface area contributed by atoms with E-state index in [0.717, 1.165) is 6.42 Å². The second kappa shape index (κ2) is 12.8. The van der Waals surface area contributed by atoms with Crippen LogP contribution in [0, 0.1) is 0 Å². The maximum Gasteiger partial charge on any atom is 0.306 e. The summed E-state index contributed by atoms with van der Waals surface area (Å²) < 4.78 is 9.64. The lowest BCUT2D eigenvalue weighted by Gasteiger charge is -2.13. The molecule has 2 amide bonds. The zero-order valence-corrected chi connectivity index (χ0v) is 16.3. The number of nitrogens with one attached hydrogen (secondary N) is 3. The van der Waals surface area contributed by atoms with E-state index in [1.165, 1.54) is 7.11 Å². The highest BCUT2D eigenvalue weighted by Crippen LogP contribution is 2.14. The third kappa shape index (κ3) is 9.11. The van der Waals surface area contributed by atoms with Gasteiger partial charge in [-0.05, 0) is 30.8 Å². The van der Waals surface area contributed by atoms with Crippen LogP contribution < -0.4 is 16.0 Å². The maximum absolute atomic E-state index is 12.2. The minimum Gasteiger partial charge on any atom is -0.463 e. The highest BCUT2D eigenvalue weighted by molar-refractivity contribution is 7.80. The number of para-hydroxylation sites is 1. The third-order valence-electron chi connectivity index (χ3n) is 3.32. The number of benzene rings is 1. The first kappa shape index (κ1) is 22.5. The average Bonchev–Trinajstić information content (AvgIpc) is 2.65. The summed E-state index contributed by atoms with van der Waals surface area (Å²) in [5.41, 5.74) is 0.902. The van der Waals surface area contributed by atoms with Crippen molar-refractivity contribution in [2.45, 2.75) is 26.2 Å². The molecule has 0 fully saturated rings. The fourth-order valence-corrected chi connectivity index (χ4v) is 2.22. The number of hydrogen-bond acceptors (Lipinski definition) is 6. The first-order chi connectivity index (χ1) is 13.0. The number of hydrogen-bond donors (Lipinski definition) is 3. The molecular formula is C18H25N3O5S. The van der Waals surface area contributed by atoms with E-state index in [9.17, 15) is 14.4 Å². The molecule has 0 radical (unpaired) electrons. The van der Waals surface area contributed by atoms with Gasteiger partial charge in [-0.2, -0.15) is 0 Å². The van der Waals surface area contributed by atoms with Gasteiger partial charge >= 0.3 is 5.97 Å². The Labute approximate surface area is 164 Å². The fourth-order valence-electron chi connectivity index (χ4n) is 1.99. The fraction of sp³-hybridized carbons (Fsp3) is 0.444. The Morgan fingerprint density at radius 2 is 1.85 bits per heavy atom. The van der Waals surface area contributed by atoms with Crippen molar-refractivity contribution in [1.29, 1.82) is 0 Å². The van der Waals surface area contributed by atoms with Crippen molar-refractivity contribution < 1.29 is 23.9 Å². The number of rotatable bonds is 10. The van der Waals surface area contributed by atoms with Gasteiger partial charge < -0.3 is 25.4 Å². The molecule has 148 valence electrons. The highest BCUT2D eigenvalue weighted by atomic mass is 32.1. The van der Waals surface area contributed by atoms with Crippen LogP contribution in [0.2, 0.25) is 0 Å². The van der Waals surface area contributed by atoms with Gasteiger partial charge in [-0.3, -0.25) is 14.4 Å². The first-order valence-corrected chi connectivity index (χ1v) is 9.01. The van der Waals surface area contributed by atoms with E-state index in [1.807, 2.05) is 6.92 Å². The lowest BCUT2D eigenvalue weighted by molar-refractivity contribution is -0.146. The molecular weight excluding hydrogens is 370 g/mol. The van der Waals surface area contributed by atoms with Gasteiger partial charge in [0.1, 0.15) is 6.61 Å². The lowest BCUT2D eigenvalue weighted by Crippen LogP contribution is -2.35. The van der Waals surface area contributed by atoms with E-state index in [4.69, 9.17) is 21.7 Å². The Morgan fingerprint density at radius 3 is 2.56 bits per heavy atom. The van der Waals surface area contributed by atoms with Crippen LogP contribution in [-0.4, -0.2) is 49.8 Å². The van der Waals surface area contributed by atoms with Gasteiger partial charge in [0.25, 0.3) is 5.91 Å². The molecule has 0 atom stereocenters. The first-order valence-electron chi connectivity index (χ1n) is 8.60. The van der Waals surface area contributed by atoms with Gasteiger partial charge in [-0.1, -0.05) is 19.1 Å². The monoisotopic (exact) mass is 395 g/mol. The molecule has 9 heteroatoms. The van der Waals surface area contributed by atoms with Gasteiger partial charge in [0.05, 0.1) is 24.3 Å². The number of anilines is 1. The molecule has 0 unspecified atom stereocenters. The summed E-state index contributed by atoms with van der Waals surface area (Å²) in [6.45, 7) is 2.97. The Kier molecular flexibility index (Phi) is 10.7. The number of methoxy groups -OCH3 is 1. The number of carbonyl (C=O) groups excluding carboxylic acids is 3. The molecule has 1 aromatic rings. The minimum absolute atomic E-state index is 0.0449. The molecule has 0 bridgehead atoms. The molecule has 0 aliphatic carbocycles. The zero-order chi connectivity index (χ0) is 20.1. The van der Waals surface area contributed by atoms with Crippen molar-refractivity contribution in [2.75, 3.05) is 32.2 Å². The molecule has 1 aromatic carbocycles. The second-order valence-corrected chi connectivity index (χ2v) is 5.93. The van der Waals surface area contributed by atoms with Crippen molar-refractivity contribution in [2.24, 2.45) is 0 Å². The average molecular weight is 395 g/mol. The van der Waals surface area contributed by atoms with Crippen molar-refractivity contribution in [1.82, 2.24) is 10.6 Å². The van der Waals surface area contributed by atoms with Gasteiger partial charge in [-0.25, -0.2) is 0 Å². The van der Waals surface area contributed by atoms with E-state index in [0.29, 0.717) is 24.4 Å². The normalized spacial score (nSPS) is 10.0. The lowest BCUT2D eigenvalue weighted by atomic mass is 10.1. The molecule has 0 heterocycles. The quantitative estimate of drug-likeness (QED) is 0.314. The van der Waals surface area contributed by atoms with E-state index in [2.05, 4.69) is 16.0 Å². The van der Waals surface area contributed by atoms with Crippen molar-refractivity contribution in [3.8, 4) is 0 Å². The summed E-state index contributed by atoms with van der Waals surface area (Å²) in [6, 6.07) is 6.84. The van der Waals surface area contributed by atoms with Crippen LogP contribution in [0.25, 0.3) is 0 Å². The maximum atomic E-state index is 12.2. The summed E-state index contributed by atoms with van der Waals surface area (Å²) in [7, 11) is 1.50. The zero-order valence-electron chi connectivity index (χ0n) is 15.5. The van der Waals surface area contributed by atoms with Crippen LogP contribution in [0.3, 0.4) is 0 Å². The van der Waals surface area contributed by atoms with E-state index in [-0.39, 0.29) is 30.5 Å². The standard InChI is InChI=1S/C18H25N3O5S/c1-3-10-19-17(24)13-6-4-5-7-14(13)20-18(27)21-15(22)8-9-16(23)26-12-11-25-2/h4-7H,3,8-12H2,1-2H3,(H,19,24)(H2,20,21,22,27). The molecule has 0 aromatic heterocycles. The molecule has 1 rings (SSSR count). The summed E-state index contributed by atoms with van der Waals surface area (Å²) in [6.07, 6.45) is 0.699. The summed E-state index contributed by atoms with van der Waals surface area (Å²) >= 11 is 5.10. The molecule has 0 saturated carbocycles. The Balaban J connectivity index is 2.49. The van der Waals surface area contributed by atoms with E-state index in [1.54, 1.807) is 24.3 Å². The van der Waals surface area contributed by atoms with Crippen molar-refractivity contribution >= 4 is 40.8 Å². The van der Waals surface area contributed by atoms with Gasteiger partial charge in [-0.15, -0.1) is 0 Å². The topological polar surface area (TPSA) is 106 Å². The number of esters is 1. The summed E-state index contributed by atoms with van der Waals surface area (Å²) in [4.78, 5) is 35.5. The van der Waals surface area contributed by atoms with Crippen molar-refractivity contribution in [3.63, 3.8) is 0 Å². The van der Waals surface area contributed by atoms with Crippen molar-refractivity contribution in [3.05, 3.63) is 29.8 Å². The van der Waals surface area contributed by atoms with Crippen LogP contribution >= 0.6 is 12.2 Å². The largest absolute Gasteiger partial charge is 0.463 e. The third-order valence-corrected chi connectivity index (χ3v) is 3.52.